The summed E-state index contributed by atoms with van der Waals surface area (Å²) in [6.45, 7) is 2.34. The summed E-state index contributed by atoms with van der Waals surface area (Å²) < 4.78 is 13.7. The third kappa shape index (κ3) is 4.49. The Labute approximate surface area is 116 Å². The van der Waals surface area contributed by atoms with Crippen LogP contribution in [0.1, 0.15) is 22.8 Å². The van der Waals surface area contributed by atoms with Crippen LogP contribution in [0.2, 0.25) is 0 Å². The molecule has 4 nitrogen and oxygen atoms in total. The minimum Gasteiger partial charge on any atom is -0.395 e. The number of rotatable bonds is 7. The van der Waals surface area contributed by atoms with Gasteiger partial charge >= 0.3 is 0 Å². The van der Waals surface area contributed by atoms with Crippen LogP contribution >= 0.6 is 11.8 Å². The van der Waals surface area contributed by atoms with Crippen LogP contribution < -0.4 is 11.1 Å². The lowest BCUT2D eigenvalue weighted by Gasteiger charge is -2.21. The first-order valence-electron chi connectivity index (χ1n) is 5.94. The molecule has 0 radical (unpaired) electrons. The van der Waals surface area contributed by atoms with E-state index in [1.165, 1.54) is 6.07 Å². The Kier molecular flexibility index (Phi) is 6.27. The van der Waals surface area contributed by atoms with E-state index in [9.17, 15) is 9.18 Å². The van der Waals surface area contributed by atoms with E-state index < -0.39 is 11.7 Å². The normalized spacial score (nSPS) is 14.1. The van der Waals surface area contributed by atoms with Crippen molar-refractivity contribution >= 4 is 17.7 Å². The van der Waals surface area contributed by atoms with E-state index in [4.69, 9.17) is 10.8 Å². The molecule has 0 aromatic heterocycles. The number of carbonyl (C=O) groups excluding carboxylic acids is 1. The Morgan fingerprint density at radius 2 is 2.26 bits per heavy atom. The zero-order valence-electron chi connectivity index (χ0n) is 11.0. The summed E-state index contributed by atoms with van der Waals surface area (Å²) >= 11 is 1.56. The fourth-order valence-corrected chi connectivity index (χ4v) is 2.34. The van der Waals surface area contributed by atoms with Crippen LogP contribution in [-0.2, 0) is 6.54 Å². The first-order chi connectivity index (χ1) is 8.99. The van der Waals surface area contributed by atoms with Gasteiger partial charge in [0.15, 0.2) is 0 Å². The first kappa shape index (κ1) is 15.9. The van der Waals surface area contributed by atoms with Crippen LogP contribution in [0.15, 0.2) is 18.2 Å². The summed E-state index contributed by atoms with van der Waals surface area (Å²) in [5.74, 6) is -1.10. The number of thioether (sulfide) groups is 1. The van der Waals surface area contributed by atoms with Gasteiger partial charge in [0.1, 0.15) is 5.82 Å². The number of hydrogen-bond donors (Lipinski definition) is 3. The number of carbonyl (C=O) groups is 1. The molecule has 19 heavy (non-hydrogen) atoms. The summed E-state index contributed by atoms with van der Waals surface area (Å²) in [5, 5.41) is 12.4. The lowest BCUT2D eigenvalue weighted by atomic mass is 10.1. The Balaban J connectivity index is 2.65. The monoisotopic (exact) mass is 286 g/mol. The predicted octanol–water partition coefficient (Wildman–Crippen LogP) is 1.13. The molecule has 4 N–H and O–H groups in total. The molecule has 0 aliphatic heterocycles. The minimum absolute atomic E-state index is 0.0511. The highest BCUT2D eigenvalue weighted by Crippen LogP contribution is 2.13. The summed E-state index contributed by atoms with van der Waals surface area (Å²) in [5.41, 5.74) is 5.71. The fraction of sp³-hybridized carbons (Fsp3) is 0.462. The number of aliphatic hydroxyl groups is 1. The molecule has 2 atom stereocenters. The summed E-state index contributed by atoms with van der Waals surface area (Å²) in [6.07, 6.45) is 1.92. The Bertz CT molecular complexity index is 439. The Hall–Kier alpha value is -1.11. The van der Waals surface area contributed by atoms with Crippen molar-refractivity contribution in [2.75, 3.05) is 12.9 Å². The maximum absolute atomic E-state index is 13.7. The van der Waals surface area contributed by atoms with E-state index in [1.807, 2.05) is 13.2 Å². The van der Waals surface area contributed by atoms with Crippen molar-refractivity contribution in [1.82, 2.24) is 5.32 Å². The molecule has 0 saturated heterocycles. The lowest BCUT2D eigenvalue weighted by Crippen LogP contribution is -2.37. The number of halogens is 1. The van der Waals surface area contributed by atoms with Gasteiger partial charge in [-0.15, -0.1) is 0 Å². The van der Waals surface area contributed by atoms with E-state index in [0.717, 1.165) is 6.07 Å². The standard InChI is InChI=1S/C13H19FN2O2S/c1-8(12(7-17)19-2)16-6-10-4-3-9(13(15)18)5-11(10)14/h3-5,8,12,16-17H,6-7H2,1-2H3,(H2,15,18). The predicted molar refractivity (Wildman–Crippen MR) is 75.6 cm³/mol. The molecule has 0 aliphatic rings. The van der Waals surface area contributed by atoms with Crippen molar-refractivity contribution < 1.29 is 14.3 Å². The van der Waals surface area contributed by atoms with Crippen molar-refractivity contribution in [2.45, 2.75) is 24.8 Å². The van der Waals surface area contributed by atoms with E-state index in [2.05, 4.69) is 5.32 Å². The second kappa shape index (κ2) is 7.47. The largest absolute Gasteiger partial charge is 0.395 e. The second-order valence-electron chi connectivity index (χ2n) is 4.30. The number of primary amides is 1. The van der Waals surface area contributed by atoms with Gasteiger partial charge in [0.05, 0.1) is 6.61 Å². The topological polar surface area (TPSA) is 75.3 Å². The van der Waals surface area contributed by atoms with Gasteiger partial charge in [-0.25, -0.2) is 4.39 Å². The van der Waals surface area contributed by atoms with Gasteiger partial charge in [0, 0.05) is 29.0 Å². The maximum Gasteiger partial charge on any atom is 0.248 e. The molecule has 0 heterocycles. The molecule has 0 aliphatic carbocycles. The Morgan fingerprint density at radius 1 is 1.58 bits per heavy atom. The second-order valence-corrected chi connectivity index (χ2v) is 5.37. The molecule has 2 unspecified atom stereocenters. The van der Waals surface area contributed by atoms with Gasteiger partial charge in [-0.3, -0.25) is 4.79 Å². The van der Waals surface area contributed by atoms with Crippen molar-refractivity contribution in [1.29, 1.82) is 0 Å². The van der Waals surface area contributed by atoms with E-state index in [-0.39, 0.29) is 23.5 Å². The molecule has 1 amide bonds. The zero-order valence-corrected chi connectivity index (χ0v) is 11.8. The third-order valence-corrected chi connectivity index (χ3v) is 4.16. The van der Waals surface area contributed by atoms with Crippen LogP contribution in [0.4, 0.5) is 4.39 Å². The van der Waals surface area contributed by atoms with Crippen LogP contribution in [0.25, 0.3) is 0 Å². The smallest absolute Gasteiger partial charge is 0.248 e. The number of benzene rings is 1. The highest BCUT2D eigenvalue weighted by Gasteiger charge is 2.15. The van der Waals surface area contributed by atoms with Gasteiger partial charge in [-0.1, -0.05) is 6.07 Å². The van der Waals surface area contributed by atoms with E-state index >= 15 is 0 Å². The molecule has 0 saturated carbocycles. The molecule has 1 aromatic carbocycles. The first-order valence-corrected chi connectivity index (χ1v) is 7.23. The Morgan fingerprint density at radius 3 is 2.74 bits per heavy atom. The van der Waals surface area contributed by atoms with Gasteiger partial charge in [0.2, 0.25) is 5.91 Å². The number of nitrogens with two attached hydrogens (primary N) is 1. The third-order valence-electron chi connectivity index (χ3n) is 2.99. The summed E-state index contributed by atoms with van der Waals surface area (Å²) in [7, 11) is 0. The van der Waals surface area contributed by atoms with Crippen molar-refractivity contribution in [2.24, 2.45) is 5.73 Å². The average molecular weight is 286 g/mol. The molecule has 0 fully saturated rings. The number of nitrogens with one attached hydrogen (secondary N) is 1. The fourth-order valence-electron chi connectivity index (χ4n) is 1.68. The van der Waals surface area contributed by atoms with Crippen molar-refractivity contribution in [3.8, 4) is 0 Å². The molecule has 0 spiro atoms. The molecule has 1 aromatic rings. The summed E-state index contributed by atoms with van der Waals surface area (Å²) in [4.78, 5) is 10.9. The number of hydrogen-bond acceptors (Lipinski definition) is 4. The highest BCUT2D eigenvalue weighted by molar-refractivity contribution is 7.99. The van der Waals surface area contributed by atoms with Gasteiger partial charge in [-0.2, -0.15) is 11.8 Å². The molecule has 1 rings (SSSR count). The van der Waals surface area contributed by atoms with Crippen LogP contribution in [0, 0.1) is 5.82 Å². The quantitative estimate of drug-likeness (QED) is 0.702. The maximum atomic E-state index is 13.7. The molecular weight excluding hydrogens is 267 g/mol. The lowest BCUT2D eigenvalue weighted by molar-refractivity contribution is 0.1000. The zero-order chi connectivity index (χ0) is 14.4. The molecule has 106 valence electrons. The summed E-state index contributed by atoms with van der Waals surface area (Å²) in [6, 6.07) is 4.24. The van der Waals surface area contributed by atoms with Crippen LogP contribution in [0.5, 0.6) is 0 Å². The van der Waals surface area contributed by atoms with Gasteiger partial charge in [0.25, 0.3) is 0 Å². The van der Waals surface area contributed by atoms with Crippen molar-refractivity contribution in [3.05, 3.63) is 35.1 Å². The van der Waals surface area contributed by atoms with Gasteiger partial charge in [-0.05, 0) is 25.3 Å². The highest BCUT2D eigenvalue weighted by atomic mass is 32.2. The molecule has 0 bridgehead atoms. The SMILES string of the molecule is CSC(CO)C(C)NCc1ccc(C(N)=O)cc1F. The number of amides is 1. The minimum atomic E-state index is -0.644. The van der Waals surface area contributed by atoms with Crippen LogP contribution in [-0.4, -0.2) is 35.2 Å². The van der Waals surface area contributed by atoms with Crippen LogP contribution in [0.3, 0.4) is 0 Å². The van der Waals surface area contributed by atoms with E-state index in [0.29, 0.717) is 12.1 Å². The average Bonchev–Trinajstić information content (AvgIpc) is 2.38. The molecule has 6 heteroatoms. The van der Waals surface area contributed by atoms with Crippen molar-refractivity contribution in [3.63, 3.8) is 0 Å². The molecular formula is C13H19FN2O2S. The number of aliphatic hydroxyl groups excluding tert-OH is 1. The van der Waals surface area contributed by atoms with Gasteiger partial charge < -0.3 is 16.2 Å². The van der Waals surface area contributed by atoms with E-state index in [1.54, 1.807) is 17.8 Å².